The lowest BCUT2D eigenvalue weighted by atomic mass is 10.1. The van der Waals surface area contributed by atoms with Crippen molar-refractivity contribution in [3.63, 3.8) is 0 Å². The summed E-state index contributed by atoms with van der Waals surface area (Å²) in [5, 5.41) is 0. The molecule has 0 unspecified atom stereocenters. The molecule has 0 aliphatic heterocycles. The number of nitrogen functional groups attached to an aromatic ring is 1. The molecule has 0 saturated carbocycles. The van der Waals surface area contributed by atoms with E-state index in [0.717, 1.165) is 24.3 Å². The Kier molecular flexibility index (Phi) is 7.38. The van der Waals surface area contributed by atoms with Gasteiger partial charge in [-0.15, -0.1) is 0 Å². The van der Waals surface area contributed by atoms with Crippen LogP contribution in [0.5, 0.6) is 0 Å². The average molecular weight is 223 g/mol. The summed E-state index contributed by atoms with van der Waals surface area (Å²) in [5.74, 6) is 0. The molecule has 0 bridgehead atoms. The predicted octanol–water partition coefficient (Wildman–Crippen LogP) is 2.39. The highest BCUT2D eigenvalue weighted by atomic mass is 15.1. The normalized spacial score (nSPS) is 9.31. The number of nitrogens with zero attached hydrogens (tertiary/aromatic N) is 1. The van der Waals surface area contributed by atoms with Crippen LogP contribution in [0.25, 0.3) is 0 Å². The van der Waals surface area contributed by atoms with Gasteiger partial charge in [0.25, 0.3) is 0 Å². The second-order valence-corrected chi connectivity index (χ2v) is 3.62. The molecule has 0 fully saturated rings. The van der Waals surface area contributed by atoms with Gasteiger partial charge in [-0.05, 0) is 45.0 Å². The minimum absolute atomic E-state index is 0.886. The summed E-state index contributed by atoms with van der Waals surface area (Å²) in [6, 6.07) is 6.29. The monoisotopic (exact) mass is 223 g/mol. The molecule has 0 amide bonds. The Hall–Kier alpha value is -1.22. The van der Waals surface area contributed by atoms with E-state index in [1.165, 1.54) is 19.2 Å². The van der Waals surface area contributed by atoms with Crippen LogP contribution < -0.4 is 16.4 Å². The maximum Gasteiger partial charge on any atom is 0.0386 e. The molecule has 3 nitrogen and oxygen atoms in total. The summed E-state index contributed by atoms with van der Waals surface area (Å²) in [7, 11) is 1.50. The van der Waals surface area contributed by atoms with E-state index in [1.54, 1.807) is 0 Å². The summed E-state index contributed by atoms with van der Waals surface area (Å²) >= 11 is 0. The van der Waals surface area contributed by atoms with E-state index >= 15 is 0 Å². The summed E-state index contributed by atoms with van der Waals surface area (Å²) < 4.78 is 0. The van der Waals surface area contributed by atoms with Gasteiger partial charge < -0.3 is 16.4 Å². The van der Waals surface area contributed by atoms with Crippen LogP contribution in [0.2, 0.25) is 0 Å². The lowest BCUT2D eigenvalue weighted by Crippen LogP contribution is -2.23. The fourth-order valence-electron chi connectivity index (χ4n) is 1.56. The minimum Gasteiger partial charge on any atom is -0.398 e. The number of nitrogens with two attached hydrogens (primary N) is 2. The summed E-state index contributed by atoms with van der Waals surface area (Å²) in [4.78, 5) is 2.34. The SMILES string of the molecule is CCCN(CC)c1ccc(C)c(N)c1.CN. The van der Waals surface area contributed by atoms with Gasteiger partial charge in [-0.1, -0.05) is 13.0 Å². The lowest BCUT2D eigenvalue weighted by molar-refractivity contribution is 0.792. The third-order valence-corrected chi connectivity index (χ3v) is 2.50. The van der Waals surface area contributed by atoms with Crippen molar-refractivity contribution in [3.05, 3.63) is 23.8 Å². The highest BCUT2D eigenvalue weighted by molar-refractivity contribution is 5.59. The van der Waals surface area contributed by atoms with Crippen molar-refractivity contribution >= 4 is 11.4 Å². The van der Waals surface area contributed by atoms with Gasteiger partial charge in [0.2, 0.25) is 0 Å². The fourth-order valence-corrected chi connectivity index (χ4v) is 1.56. The fraction of sp³-hybridized carbons (Fsp3) is 0.538. The Morgan fingerprint density at radius 2 is 1.81 bits per heavy atom. The molecule has 16 heavy (non-hydrogen) atoms. The van der Waals surface area contributed by atoms with Gasteiger partial charge in [0, 0.05) is 24.5 Å². The molecular formula is C13H25N3. The largest absolute Gasteiger partial charge is 0.398 e. The molecule has 1 aromatic carbocycles. The number of aryl methyl sites for hydroxylation is 1. The van der Waals surface area contributed by atoms with E-state index in [-0.39, 0.29) is 0 Å². The topological polar surface area (TPSA) is 55.3 Å². The van der Waals surface area contributed by atoms with Crippen molar-refractivity contribution in [1.29, 1.82) is 0 Å². The van der Waals surface area contributed by atoms with E-state index in [0.29, 0.717) is 0 Å². The van der Waals surface area contributed by atoms with Gasteiger partial charge in [-0.3, -0.25) is 0 Å². The Morgan fingerprint density at radius 3 is 2.25 bits per heavy atom. The number of hydrogen-bond donors (Lipinski definition) is 2. The Morgan fingerprint density at radius 1 is 1.19 bits per heavy atom. The molecule has 0 aliphatic rings. The maximum atomic E-state index is 5.88. The summed E-state index contributed by atoms with van der Waals surface area (Å²) in [6.07, 6.45) is 1.17. The summed E-state index contributed by atoms with van der Waals surface area (Å²) in [5.41, 5.74) is 13.7. The zero-order valence-electron chi connectivity index (χ0n) is 11.0. The molecule has 0 radical (unpaired) electrons. The number of rotatable bonds is 4. The smallest absolute Gasteiger partial charge is 0.0386 e. The van der Waals surface area contributed by atoms with Crippen molar-refractivity contribution < 1.29 is 0 Å². The van der Waals surface area contributed by atoms with E-state index in [4.69, 9.17) is 5.73 Å². The lowest BCUT2D eigenvalue weighted by Gasteiger charge is -2.23. The minimum atomic E-state index is 0.886. The predicted molar refractivity (Wildman–Crippen MR) is 73.9 cm³/mol. The van der Waals surface area contributed by atoms with Crippen molar-refractivity contribution in [2.24, 2.45) is 5.73 Å². The first kappa shape index (κ1) is 14.8. The molecule has 0 saturated heterocycles. The summed E-state index contributed by atoms with van der Waals surface area (Å²) in [6.45, 7) is 8.54. The Labute approximate surface area is 99.4 Å². The molecular weight excluding hydrogens is 198 g/mol. The van der Waals surface area contributed by atoms with Crippen molar-refractivity contribution in [2.45, 2.75) is 27.2 Å². The molecule has 0 heterocycles. The van der Waals surface area contributed by atoms with Crippen LogP contribution in [0.1, 0.15) is 25.8 Å². The van der Waals surface area contributed by atoms with Gasteiger partial charge in [-0.2, -0.15) is 0 Å². The molecule has 1 aromatic rings. The molecule has 1 rings (SSSR count). The van der Waals surface area contributed by atoms with E-state index in [9.17, 15) is 0 Å². The highest BCUT2D eigenvalue weighted by Crippen LogP contribution is 2.20. The van der Waals surface area contributed by atoms with Crippen LogP contribution in [0.15, 0.2) is 18.2 Å². The Bertz CT molecular complexity index is 297. The standard InChI is InChI=1S/C12H20N2.CH5N/c1-4-8-14(5-2)11-7-6-10(3)12(13)9-11;1-2/h6-7,9H,4-5,8,13H2,1-3H3;2H2,1H3. The van der Waals surface area contributed by atoms with Crippen molar-refractivity contribution in [2.75, 3.05) is 30.8 Å². The zero-order valence-corrected chi connectivity index (χ0v) is 11.0. The second kappa shape index (κ2) is 7.99. The number of benzene rings is 1. The first-order valence-electron chi connectivity index (χ1n) is 5.87. The van der Waals surface area contributed by atoms with Gasteiger partial charge in [-0.25, -0.2) is 0 Å². The van der Waals surface area contributed by atoms with Crippen LogP contribution in [-0.2, 0) is 0 Å². The molecule has 0 aromatic heterocycles. The van der Waals surface area contributed by atoms with Crippen LogP contribution in [0, 0.1) is 6.92 Å². The molecule has 0 atom stereocenters. The average Bonchev–Trinajstić information content (AvgIpc) is 2.32. The first-order chi connectivity index (χ1) is 7.69. The third kappa shape index (κ3) is 4.11. The van der Waals surface area contributed by atoms with E-state index in [1.807, 2.05) is 6.92 Å². The highest BCUT2D eigenvalue weighted by Gasteiger charge is 2.03. The van der Waals surface area contributed by atoms with Crippen molar-refractivity contribution in [1.82, 2.24) is 0 Å². The van der Waals surface area contributed by atoms with Crippen LogP contribution >= 0.6 is 0 Å². The van der Waals surface area contributed by atoms with Crippen molar-refractivity contribution in [3.8, 4) is 0 Å². The number of hydrogen-bond acceptors (Lipinski definition) is 3. The quantitative estimate of drug-likeness (QED) is 0.771. The second-order valence-electron chi connectivity index (χ2n) is 3.62. The molecule has 0 spiro atoms. The molecule has 3 heteroatoms. The van der Waals surface area contributed by atoms with Gasteiger partial charge in [0.1, 0.15) is 0 Å². The zero-order chi connectivity index (χ0) is 12.6. The first-order valence-corrected chi connectivity index (χ1v) is 5.87. The van der Waals surface area contributed by atoms with Gasteiger partial charge in [0.15, 0.2) is 0 Å². The van der Waals surface area contributed by atoms with E-state index < -0.39 is 0 Å². The van der Waals surface area contributed by atoms with Crippen LogP contribution in [0.3, 0.4) is 0 Å². The van der Waals surface area contributed by atoms with E-state index in [2.05, 4.69) is 42.7 Å². The van der Waals surface area contributed by atoms with Crippen LogP contribution in [0.4, 0.5) is 11.4 Å². The molecule has 92 valence electrons. The molecule has 0 aliphatic carbocycles. The maximum absolute atomic E-state index is 5.88. The van der Waals surface area contributed by atoms with Gasteiger partial charge in [0.05, 0.1) is 0 Å². The third-order valence-electron chi connectivity index (χ3n) is 2.50. The Balaban J connectivity index is 0.00000106. The van der Waals surface area contributed by atoms with Crippen LogP contribution in [-0.4, -0.2) is 20.1 Å². The van der Waals surface area contributed by atoms with Gasteiger partial charge >= 0.3 is 0 Å². The number of anilines is 2. The molecule has 4 N–H and O–H groups in total.